The normalized spacial score (nSPS) is 16.7. The highest BCUT2D eigenvalue weighted by atomic mass is 35.5. The van der Waals surface area contributed by atoms with Crippen molar-refractivity contribution in [3.8, 4) is 0 Å². The van der Waals surface area contributed by atoms with Crippen LogP contribution in [0.3, 0.4) is 0 Å². The third kappa shape index (κ3) is 3.58. The minimum absolute atomic E-state index is 0.0252. The van der Waals surface area contributed by atoms with Gasteiger partial charge in [0, 0.05) is 24.2 Å². The van der Waals surface area contributed by atoms with Crippen LogP contribution in [0.1, 0.15) is 24.1 Å². The van der Waals surface area contributed by atoms with Crippen molar-refractivity contribution in [3.63, 3.8) is 0 Å². The smallest absolute Gasteiger partial charge is 0.154 e. The van der Waals surface area contributed by atoms with Gasteiger partial charge in [0.15, 0.2) is 5.82 Å². The van der Waals surface area contributed by atoms with Crippen molar-refractivity contribution < 1.29 is 5.11 Å². The lowest BCUT2D eigenvalue weighted by Gasteiger charge is -2.38. The number of rotatable bonds is 4. The average Bonchev–Trinajstić information content (AvgIpc) is 2.62. The van der Waals surface area contributed by atoms with Crippen LogP contribution in [0.25, 0.3) is 0 Å². The molecule has 8 heteroatoms. The quantitative estimate of drug-likeness (QED) is 0.611. The maximum Gasteiger partial charge on any atom is 0.154 e. The van der Waals surface area contributed by atoms with Gasteiger partial charge in [0.2, 0.25) is 0 Å². The number of aromatic nitrogens is 2. The standard InChI is InChI=1S/C17H21ClN6O/c18-12-4-2-1-3-11(12)14(19)15-16(20)23-13(9-22-15)24-7-5-17(21,10-25)6-8-24/h1-4,9,19,25H,5-8,10,21H2,(H2,20,23). The van der Waals surface area contributed by atoms with Crippen LogP contribution in [0.5, 0.6) is 0 Å². The van der Waals surface area contributed by atoms with Gasteiger partial charge in [0.1, 0.15) is 11.5 Å². The molecule has 1 aromatic heterocycles. The van der Waals surface area contributed by atoms with E-state index in [0.29, 0.717) is 48.0 Å². The molecule has 0 aliphatic carbocycles. The monoisotopic (exact) mass is 360 g/mol. The van der Waals surface area contributed by atoms with Gasteiger partial charge in [0.05, 0.1) is 23.5 Å². The second-order valence-corrected chi connectivity index (χ2v) is 6.73. The summed E-state index contributed by atoms with van der Waals surface area (Å²) in [5.41, 5.74) is 12.6. The molecule has 0 amide bonds. The highest BCUT2D eigenvalue weighted by molar-refractivity contribution is 6.35. The largest absolute Gasteiger partial charge is 0.394 e. The first-order valence-corrected chi connectivity index (χ1v) is 8.42. The Labute approximate surface area is 151 Å². The summed E-state index contributed by atoms with van der Waals surface area (Å²) < 4.78 is 0. The number of aliphatic hydroxyl groups excluding tert-OH is 1. The number of nitrogens with two attached hydrogens (primary N) is 2. The number of hydrogen-bond donors (Lipinski definition) is 4. The number of anilines is 2. The Bertz CT molecular complexity index is 788. The number of nitrogens with zero attached hydrogens (tertiary/aromatic N) is 3. The topological polar surface area (TPSA) is 125 Å². The minimum Gasteiger partial charge on any atom is -0.394 e. The van der Waals surface area contributed by atoms with Gasteiger partial charge in [-0.25, -0.2) is 9.97 Å². The molecule has 132 valence electrons. The van der Waals surface area contributed by atoms with Gasteiger partial charge < -0.3 is 21.5 Å². The van der Waals surface area contributed by atoms with Crippen molar-refractivity contribution >= 4 is 28.9 Å². The summed E-state index contributed by atoms with van der Waals surface area (Å²) >= 11 is 6.14. The zero-order valence-electron chi connectivity index (χ0n) is 13.7. The summed E-state index contributed by atoms with van der Waals surface area (Å²) in [5, 5.41) is 18.1. The molecule has 1 aromatic carbocycles. The van der Waals surface area contributed by atoms with E-state index in [9.17, 15) is 5.11 Å². The van der Waals surface area contributed by atoms with Gasteiger partial charge in [-0.2, -0.15) is 0 Å². The molecule has 0 radical (unpaired) electrons. The Balaban J connectivity index is 1.80. The Kier molecular flexibility index (Phi) is 4.89. The lowest BCUT2D eigenvalue weighted by Crippen LogP contribution is -2.53. The fourth-order valence-corrected chi connectivity index (χ4v) is 3.10. The molecule has 0 bridgehead atoms. The molecule has 25 heavy (non-hydrogen) atoms. The molecular formula is C17H21ClN6O. The van der Waals surface area contributed by atoms with Crippen molar-refractivity contribution in [2.45, 2.75) is 18.4 Å². The van der Waals surface area contributed by atoms with Crippen molar-refractivity contribution in [3.05, 3.63) is 46.7 Å². The van der Waals surface area contributed by atoms with Crippen molar-refractivity contribution in [2.75, 3.05) is 30.3 Å². The van der Waals surface area contributed by atoms with Crippen LogP contribution in [0, 0.1) is 5.41 Å². The minimum atomic E-state index is -0.526. The Morgan fingerprint density at radius 1 is 1.32 bits per heavy atom. The van der Waals surface area contributed by atoms with Gasteiger partial charge in [-0.3, -0.25) is 5.41 Å². The first-order valence-electron chi connectivity index (χ1n) is 8.04. The third-order valence-electron chi connectivity index (χ3n) is 4.56. The van der Waals surface area contributed by atoms with Crippen LogP contribution in [0.2, 0.25) is 5.02 Å². The summed E-state index contributed by atoms with van der Waals surface area (Å²) in [7, 11) is 0. The predicted octanol–water partition coefficient (Wildman–Crippen LogP) is 1.42. The van der Waals surface area contributed by atoms with Gasteiger partial charge >= 0.3 is 0 Å². The van der Waals surface area contributed by atoms with E-state index in [-0.39, 0.29) is 18.1 Å². The van der Waals surface area contributed by atoms with E-state index in [1.807, 2.05) is 11.0 Å². The van der Waals surface area contributed by atoms with E-state index in [1.165, 1.54) is 0 Å². The molecule has 0 unspecified atom stereocenters. The van der Waals surface area contributed by atoms with Crippen LogP contribution in [0.15, 0.2) is 30.5 Å². The molecule has 1 saturated heterocycles. The van der Waals surface area contributed by atoms with Crippen LogP contribution in [-0.4, -0.2) is 46.0 Å². The number of benzene rings is 1. The van der Waals surface area contributed by atoms with Crippen molar-refractivity contribution in [1.82, 2.24) is 9.97 Å². The lowest BCUT2D eigenvalue weighted by molar-refractivity contribution is 0.170. The second kappa shape index (κ2) is 6.95. The van der Waals surface area contributed by atoms with E-state index >= 15 is 0 Å². The number of nitrogen functional groups attached to an aromatic ring is 1. The molecule has 0 saturated carbocycles. The fourth-order valence-electron chi connectivity index (χ4n) is 2.87. The average molecular weight is 361 g/mol. The Hall–Kier alpha value is -2.22. The molecule has 2 aromatic rings. The summed E-state index contributed by atoms with van der Waals surface area (Å²) in [6, 6.07) is 7.08. The summed E-state index contributed by atoms with van der Waals surface area (Å²) in [6.07, 6.45) is 2.95. The van der Waals surface area contributed by atoms with E-state index in [4.69, 9.17) is 28.5 Å². The van der Waals surface area contributed by atoms with Crippen LogP contribution >= 0.6 is 11.6 Å². The molecule has 7 nitrogen and oxygen atoms in total. The van der Waals surface area contributed by atoms with Gasteiger partial charge in [-0.1, -0.05) is 29.8 Å². The summed E-state index contributed by atoms with van der Waals surface area (Å²) in [4.78, 5) is 10.8. The van der Waals surface area contributed by atoms with Crippen LogP contribution in [0.4, 0.5) is 11.6 Å². The number of aliphatic hydroxyl groups is 1. The van der Waals surface area contributed by atoms with E-state index < -0.39 is 5.54 Å². The summed E-state index contributed by atoms with van der Waals surface area (Å²) in [6.45, 7) is 1.32. The molecule has 1 fully saturated rings. The van der Waals surface area contributed by atoms with Gasteiger partial charge in [-0.15, -0.1) is 0 Å². The third-order valence-corrected chi connectivity index (χ3v) is 4.89. The highest BCUT2D eigenvalue weighted by Gasteiger charge is 2.30. The maximum absolute atomic E-state index is 9.35. The predicted molar refractivity (Wildman–Crippen MR) is 99.3 cm³/mol. The first-order chi connectivity index (χ1) is 11.9. The van der Waals surface area contributed by atoms with E-state index in [2.05, 4.69) is 9.97 Å². The van der Waals surface area contributed by atoms with Crippen LogP contribution in [-0.2, 0) is 0 Å². The molecule has 6 N–H and O–H groups in total. The van der Waals surface area contributed by atoms with E-state index in [0.717, 1.165) is 0 Å². The zero-order valence-corrected chi connectivity index (χ0v) is 14.5. The van der Waals surface area contributed by atoms with Gasteiger partial charge in [0.25, 0.3) is 0 Å². The highest BCUT2D eigenvalue weighted by Crippen LogP contribution is 2.25. The number of nitrogens with one attached hydrogen (secondary N) is 1. The lowest BCUT2D eigenvalue weighted by atomic mass is 9.90. The number of hydrogen-bond acceptors (Lipinski definition) is 7. The number of piperidine rings is 1. The zero-order chi connectivity index (χ0) is 18.0. The molecule has 1 aliphatic rings. The van der Waals surface area contributed by atoms with Crippen molar-refractivity contribution in [2.24, 2.45) is 5.73 Å². The Morgan fingerprint density at radius 2 is 2.00 bits per heavy atom. The van der Waals surface area contributed by atoms with Crippen LogP contribution < -0.4 is 16.4 Å². The van der Waals surface area contributed by atoms with E-state index in [1.54, 1.807) is 24.4 Å². The molecular weight excluding hydrogens is 340 g/mol. The molecule has 3 rings (SSSR count). The molecule has 0 atom stereocenters. The first kappa shape index (κ1) is 17.6. The Morgan fingerprint density at radius 3 is 2.60 bits per heavy atom. The molecule has 2 heterocycles. The number of halogens is 1. The summed E-state index contributed by atoms with van der Waals surface area (Å²) in [5.74, 6) is 0.836. The maximum atomic E-state index is 9.35. The fraction of sp³-hybridized carbons (Fsp3) is 0.353. The second-order valence-electron chi connectivity index (χ2n) is 6.32. The van der Waals surface area contributed by atoms with Gasteiger partial charge in [-0.05, 0) is 18.9 Å². The molecule has 1 aliphatic heterocycles. The SMILES string of the molecule is N=C(c1ccccc1Cl)c1ncc(N2CCC(N)(CO)CC2)nc1N. The van der Waals surface area contributed by atoms with Crippen molar-refractivity contribution in [1.29, 1.82) is 5.41 Å². The molecule has 0 spiro atoms.